The fourth-order valence-corrected chi connectivity index (χ4v) is 4.16. The molecule has 1 heterocycles. The van der Waals surface area contributed by atoms with Gasteiger partial charge in [0, 0.05) is 18.5 Å². The van der Waals surface area contributed by atoms with Gasteiger partial charge >= 0.3 is 0 Å². The second-order valence-electron chi connectivity index (χ2n) is 8.18. The molecule has 6 nitrogen and oxygen atoms in total. The van der Waals surface area contributed by atoms with E-state index in [2.05, 4.69) is 20.6 Å². The summed E-state index contributed by atoms with van der Waals surface area (Å²) in [6.45, 7) is 1.63. The monoisotopic (exact) mass is 403 g/mol. The fourth-order valence-electron chi connectivity index (χ4n) is 4.16. The molecule has 0 radical (unpaired) electrons. The summed E-state index contributed by atoms with van der Waals surface area (Å²) in [5, 5.41) is 7.36. The summed E-state index contributed by atoms with van der Waals surface area (Å²) in [4.78, 5) is 21.1. The largest absolute Gasteiger partial charge is 0.383 e. The molecule has 2 aromatic carbocycles. The molecule has 156 valence electrons. The van der Waals surface area contributed by atoms with Gasteiger partial charge in [0.05, 0.1) is 11.9 Å². The third kappa shape index (κ3) is 5.26. The van der Waals surface area contributed by atoms with E-state index in [1.54, 1.807) is 0 Å². The summed E-state index contributed by atoms with van der Waals surface area (Å²) < 4.78 is 0. The maximum absolute atomic E-state index is 12.2. The van der Waals surface area contributed by atoms with Crippen LogP contribution in [0, 0.1) is 11.8 Å². The van der Waals surface area contributed by atoms with E-state index in [9.17, 15) is 4.79 Å². The first-order valence-corrected chi connectivity index (χ1v) is 10.7. The number of para-hydroxylation sites is 1. The highest BCUT2D eigenvalue weighted by atomic mass is 16.1. The van der Waals surface area contributed by atoms with Crippen LogP contribution in [0.1, 0.15) is 31.2 Å². The number of rotatable bonds is 7. The summed E-state index contributed by atoms with van der Waals surface area (Å²) in [6.07, 6.45) is 5.02. The van der Waals surface area contributed by atoms with Crippen molar-refractivity contribution >= 4 is 28.6 Å². The zero-order chi connectivity index (χ0) is 20.8. The maximum atomic E-state index is 12.2. The van der Waals surface area contributed by atoms with Crippen LogP contribution in [0.25, 0.3) is 10.9 Å². The minimum Gasteiger partial charge on any atom is -0.383 e. The molecule has 30 heavy (non-hydrogen) atoms. The molecule has 4 rings (SSSR count). The number of carbonyl (C=O) groups excluding carboxylic acids is 1. The van der Waals surface area contributed by atoms with Gasteiger partial charge in [-0.3, -0.25) is 4.79 Å². The zero-order valence-electron chi connectivity index (χ0n) is 17.2. The van der Waals surface area contributed by atoms with Crippen molar-refractivity contribution in [1.29, 1.82) is 0 Å². The molecule has 0 unspecified atom stereocenters. The average Bonchev–Trinajstić information content (AvgIpc) is 2.78. The van der Waals surface area contributed by atoms with Crippen molar-refractivity contribution in [3.8, 4) is 0 Å². The number of aromatic nitrogens is 2. The Morgan fingerprint density at radius 2 is 1.57 bits per heavy atom. The molecule has 0 atom stereocenters. The van der Waals surface area contributed by atoms with Crippen molar-refractivity contribution in [3.63, 3.8) is 0 Å². The van der Waals surface area contributed by atoms with E-state index in [1.165, 1.54) is 0 Å². The summed E-state index contributed by atoms with van der Waals surface area (Å²) in [5.41, 5.74) is 7.98. The smallest absolute Gasteiger partial charge is 0.225 e. The fraction of sp³-hybridized carbons (Fsp3) is 0.375. The van der Waals surface area contributed by atoms with E-state index in [0.29, 0.717) is 30.0 Å². The van der Waals surface area contributed by atoms with Crippen LogP contribution in [0.3, 0.4) is 0 Å². The number of nitrogens with one attached hydrogen (secondary N) is 2. The number of anilines is 2. The molecule has 1 amide bonds. The average molecular weight is 404 g/mol. The maximum Gasteiger partial charge on any atom is 0.225 e. The Hall–Kier alpha value is -3.15. The third-order valence-electron chi connectivity index (χ3n) is 5.94. The minimum absolute atomic E-state index is 0.107. The number of nitrogens with two attached hydrogens (primary N) is 1. The lowest BCUT2D eigenvalue weighted by atomic mass is 9.82. The topological polar surface area (TPSA) is 92.9 Å². The van der Waals surface area contributed by atoms with Crippen molar-refractivity contribution in [1.82, 2.24) is 15.3 Å². The highest BCUT2D eigenvalue weighted by molar-refractivity contribution is 5.88. The molecule has 3 aromatic rings. The second-order valence-corrected chi connectivity index (χ2v) is 8.18. The van der Waals surface area contributed by atoms with Gasteiger partial charge in [0.1, 0.15) is 5.82 Å². The molecule has 0 spiro atoms. The molecule has 1 aliphatic carbocycles. The van der Waals surface area contributed by atoms with Crippen LogP contribution >= 0.6 is 0 Å². The molecule has 6 heteroatoms. The van der Waals surface area contributed by atoms with E-state index in [1.807, 2.05) is 54.6 Å². The number of hydrogen-bond acceptors (Lipinski definition) is 5. The van der Waals surface area contributed by atoms with E-state index < -0.39 is 0 Å². The summed E-state index contributed by atoms with van der Waals surface area (Å²) in [7, 11) is 0. The molecule has 4 N–H and O–H groups in total. The number of nitrogens with zero attached hydrogens (tertiary/aromatic N) is 2. The first-order valence-electron chi connectivity index (χ1n) is 10.7. The zero-order valence-corrected chi connectivity index (χ0v) is 17.2. The van der Waals surface area contributed by atoms with Crippen molar-refractivity contribution in [2.45, 2.75) is 32.1 Å². The van der Waals surface area contributed by atoms with Gasteiger partial charge in [-0.05, 0) is 55.2 Å². The first kappa shape index (κ1) is 20.1. The Kier molecular flexibility index (Phi) is 6.42. The van der Waals surface area contributed by atoms with Crippen molar-refractivity contribution in [2.75, 3.05) is 24.1 Å². The van der Waals surface area contributed by atoms with Gasteiger partial charge < -0.3 is 16.4 Å². The van der Waals surface area contributed by atoms with Crippen LogP contribution in [-0.2, 0) is 11.2 Å². The van der Waals surface area contributed by atoms with Gasteiger partial charge in [0.2, 0.25) is 11.9 Å². The van der Waals surface area contributed by atoms with Crippen molar-refractivity contribution < 1.29 is 4.79 Å². The normalized spacial score (nSPS) is 18.8. The highest BCUT2D eigenvalue weighted by Crippen LogP contribution is 2.28. The van der Waals surface area contributed by atoms with Crippen molar-refractivity contribution in [2.24, 2.45) is 11.8 Å². The van der Waals surface area contributed by atoms with E-state index >= 15 is 0 Å². The molecule has 1 aromatic heterocycles. The quantitative estimate of drug-likeness (QED) is 0.558. The van der Waals surface area contributed by atoms with E-state index in [4.69, 9.17) is 5.73 Å². The second kappa shape index (κ2) is 9.57. The van der Waals surface area contributed by atoms with Gasteiger partial charge in [0.15, 0.2) is 0 Å². The number of nitrogen functional groups attached to an aromatic ring is 1. The summed E-state index contributed by atoms with van der Waals surface area (Å²) in [5.74, 6) is 2.38. The number of hydrogen-bond donors (Lipinski definition) is 3. The molecule has 0 saturated heterocycles. The van der Waals surface area contributed by atoms with Crippen LogP contribution in [0.2, 0.25) is 0 Å². The van der Waals surface area contributed by atoms with Crippen LogP contribution < -0.4 is 16.4 Å². The predicted molar refractivity (Wildman–Crippen MR) is 121 cm³/mol. The SMILES string of the molecule is Nc1nc(NCC2CCC(CNC(=O)Cc3ccccc3)CC2)nc2ccccc12. The third-order valence-corrected chi connectivity index (χ3v) is 5.94. The lowest BCUT2D eigenvalue weighted by Gasteiger charge is -2.28. The summed E-state index contributed by atoms with van der Waals surface area (Å²) >= 11 is 0. The molecular weight excluding hydrogens is 374 g/mol. The van der Waals surface area contributed by atoms with Gasteiger partial charge in [-0.2, -0.15) is 4.98 Å². The first-order chi connectivity index (χ1) is 14.7. The van der Waals surface area contributed by atoms with Crippen LogP contribution in [0.15, 0.2) is 54.6 Å². The Balaban J connectivity index is 1.19. The molecule has 0 aliphatic heterocycles. The number of amides is 1. The van der Waals surface area contributed by atoms with Gasteiger partial charge in [-0.25, -0.2) is 4.98 Å². The Labute approximate surface area is 177 Å². The Morgan fingerprint density at radius 1 is 0.900 bits per heavy atom. The van der Waals surface area contributed by atoms with Crippen LogP contribution in [0.5, 0.6) is 0 Å². The Bertz CT molecular complexity index is 983. The van der Waals surface area contributed by atoms with Crippen LogP contribution in [0.4, 0.5) is 11.8 Å². The van der Waals surface area contributed by atoms with Crippen LogP contribution in [-0.4, -0.2) is 29.0 Å². The van der Waals surface area contributed by atoms with Gasteiger partial charge in [0.25, 0.3) is 0 Å². The number of fused-ring (bicyclic) bond motifs is 1. The molecular formula is C24H29N5O. The summed E-state index contributed by atoms with van der Waals surface area (Å²) in [6, 6.07) is 17.7. The van der Waals surface area contributed by atoms with Gasteiger partial charge in [-0.1, -0.05) is 42.5 Å². The minimum atomic E-state index is 0.107. The molecule has 1 aliphatic rings. The van der Waals surface area contributed by atoms with E-state index in [-0.39, 0.29) is 5.91 Å². The molecule has 1 saturated carbocycles. The highest BCUT2D eigenvalue weighted by Gasteiger charge is 2.22. The number of benzene rings is 2. The van der Waals surface area contributed by atoms with Crippen molar-refractivity contribution in [3.05, 3.63) is 60.2 Å². The van der Waals surface area contributed by atoms with E-state index in [0.717, 1.165) is 55.2 Å². The standard InChI is InChI=1S/C24H29N5O/c25-23-20-8-4-5-9-21(20)28-24(29-23)27-16-19-12-10-18(11-13-19)15-26-22(30)14-17-6-2-1-3-7-17/h1-9,18-19H,10-16H2,(H,26,30)(H3,25,27,28,29). The lowest BCUT2D eigenvalue weighted by molar-refractivity contribution is -0.120. The predicted octanol–water partition coefficient (Wildman–Crippen LogP) is 3.79. The lowest BCUT2D eigenvalue weighted by Crippen LogP contribution is -2.33. The molecule has 0 bridgehead atoms. The Morgan fingerprint density at radius 3 is 2.33 bits per heavy atom. The van der Waals surface area contributed by atoms with Gasteiger partial charge in [-0.15, -0.1) is 0 Å². The molecule has 1 fully saturated rings. The number of carbonyl (C=O) groups is 1.